The van der Waals surface area contributed by atoms with Crippen molar-refractivity contribution in [1.29, 1.82) is 0 Å². The van der Waals surface area contributed by atoms with Crippen LogP contribution in [0.1, 0.15) is 24.9 Å². The van der Waals surface area contributed by atoms with E-state index in [0.717, 1.165) is 34.6 Å². The van der Waals surface area contributed by atoms with Crippen LogP contribution in [0.15, 0.2) is 36.4 Å². The van der Waals surface area contributed by atoms with E-state index in [1.807, 2.05) is 43.3 Å². The molecule has 1 aliphatic heterocycles. The Morgan fingerprint density at radius 1 is 1.00 bits per heavy atom. The van der Waals surface area contributed by atoms with Crippen LogP contribution in [0.5, 0.6) is 11.5 Å². The lowest BCUT2D eigenvalue weighted by molar-refractivity contribution is 0.297. The zero-order valence-electron chi connectivity index (χ0n) is 11.9. The largest absolute Gasteiger partial charge is 0.490 e. The number of benzene rings is 2. The number of nitrogens with two attached hydrogens (primary N) is 1. The van der Waals surface area contributed by atoms with Crippen LogP contribution in [-0.4, -0.2) is 13.2 Å². The van der Waals surface area contributed by atoms with Crippen LogP contribution in [-0.2, 0) is 0 Å². The van der Waals surface area contributed by atoms with Gasteiger partial charge >= 0.3 is 0 Å². The summed E-state index contributed by atoms with van der Waals surface area (Å²) in [5, 5.41) is 0.689. The molecule has 1 atom stereocenters. The normalized spacial score (nSPS) is 15.4. The fourth-order valence-corrected chi connectivity index (χ4v) is 2.77. The maximum atomic E-state index is 6.31. The number of hydrogen-bond acceptors (Lipinski definition) is 3. The lowest BCUT2D eigenvalue weighted by Gasteiger charge is -2.12. The first-order valence-corrected chi connectivity index (χ1v) is 7.48. The number of hydrogen-bond donors (Lipinski definition) is 1. The topological polar surface area (TPSA) is 44.5 Å². The Balaban J connectivity index is 1.97. The second-order valence-corrected chi connectivity index (χ2v) is 5.64. The maximum Gasteiger partial charge on any atom is 0.161 e. The summed E-state index contributed by atoms with van der Waals surface area (Å²) in [5.74, 6) is 1.59. The molecule has 0 amide bonds. The molecule has 0 bridgehead atoms. The summed E-state index contributed by atoms with van der Waals surface area (Å²) in [4.78, 5) is 0. The molecule has 21 heavy (non-hydrogen) atoms. The molecule has 0 fully saturated rings. The molecule has 3 nitrogen and oxygen atoms in total. The highest BCUT2D eigenvalue weighted by atomic mass is 35.5. The fourth-order valence-electron chi connectivity index (χ4n) is 2.42. The minimum atomic E-state index is -0.0738. The van der Waals surface area contributed by atoms with Crippen LogP contribution in [0.4, 0.5) is 0 Å². The molecule has 2 N–H and O–H groups in total. The highest BCUT2D eigenvalue weighted by Crippen LogP contribution is 2.35. The molecule has 4 heteroatoms. The monoisotopic (exact) mass is 303 g/mol. The fraction of sp³-hybridized carbons (Fsp3) is 0.294. The highest BCUT2D eigenvalue weighted by molar-refractivity contribution is 6.31. The zero-order valence-corrected chi connectivity index (χ0v) is 12.7. The third kappa shape index (κ3) is 2.99. The van der Waals surface area contributed by atoms with Gasteiger partial charge in [0.1, 0.15) is 0 Å². The Labute approximate surface area is 129 Å². The highest BCUT2D eigenvalue weighted by Gasteiger charge is 2.12. The summed E-state index contributed by atoms with van der Waals surface area (Å²) in [6, 6.07) is 11.8. The van der Waals surface area contributed by atoms with Gasteiger partial charge in [-0.25, -0.2) is 0 Å². The molecule has 0 saturated heterocycles. The standard InChI is InChI=1S/C17H18ClNO2/c1-11(19)14-5-3-12(9-15(14)18)13-4-6-16-17(10-13)21-8-2-7-20-16/h3-6,9-11H,2,7-8,19H2,1H3. The molecule has 0 aromatic heterocycles. The van der Waals surface area contributed by atoms with Gasteiger partial charge in [0.25, 0.3) is 0 Å². The molecule has 110 valence electrons. The summed E-state index contributed by atoms with van der Waals surface area (Å²) >= 11 is 6.31. The maximum absolute atomic E-state index is 6.31. The van der Waals surface area contributed by atoms with Crippen molar-refractivity contribution >= 4 is 11.6 Å². The van der Waals surface area contributed by atoms with Crippen molar-refractivity contribution in [2.24, 2.45) is 5.73 Å². The van der Waals surface area contributed by atoms with Gasteiger partial charge in [0.15, 0.2) is 11.5 Å². The van der Waals surface area contributed by atoms with Crippen LogP contribution in [0.3, 0.4) is 0 Å². The second kappa shape index (κ2) is 5.96. The molecular formula is C17H18ClNO2. The summed E-state index contributed by atoms with van der Waals surface area (Å²) in [6.45, 7) is 3.30. The SMILES string of the molecule is CC(N)c1ccc(-c2ccc3c(c2)OCCCO3)cc1Cl. The number of rotatable bonds is 2. The molecule has 2 aromatic rings. The van der Waals surface area contributed by atoms with Crippen LogP contribution in [0.25, 0.3) is 11.1 Å². The summed E-state index contributed by atoms with van der Waals surface area (Å²) in [6.07, 6.45) is 0.902. The van der Waals surface area contributed by atoms with Gasteiger partial charge < -0.3 is 15.2 Å². The van der Waals surface area contributed by atoms with Gasteiger partial charge in [-0.15, -0.1) is 0 Å². The van der Waals surface area contributed by atoms with E-state index in [2.05, 4.69) is 0 Å². The van der Waals surface area contributed by atoms with E-state index < -0.39 is 0 Å². The Bertz CT molecular complexity index is 655. The zero-order chi connectivity index (χ0) is 14.8. The van der Waals surface area contributed by atoms with Crippen LogP contribution >= 0.6 is 11.6 Å². The molecule has 0 aliphatic carbocycles. The second-order valence-electron chi connectivity index (χ2n) is 5.24. The van der Waals surface area contributed by atoms with Crippen molar-refractivity contribution in [1.82, 2.24) is 0 Å². The smallest absolute Gasteiger partial charge is 0.161 e. The van der Waals surface area contributed by atoms with E-state index >= 15 is 0 Å². The van der Waals surface area contributed by atoms with Crippen molar-refractivity contribution in [3.8, 4) is 22.6 Å². The van der Waals surface area contributed by atoms with E-state index in [4.69, 9.17) is 26.8 Å². The average molecular weight is 304 g/mol. The van der Waals surface area contributed by atoms with Gasteiger partial charge in [-0.3, -0.25) is 0 Å². The molecule has 1 unspecified atom stereocenters. The molecule has 0 radical (unpaired) electrons. The first-order chi connectivity index (χ1) is 10.1. The van der Waals surface area contributed by atoms with Crippen molar-refractivity contribution in [2.45, 2.75) is 19.4 Å². The summed E-state index contributed by atoms with van der Waals surface area (Å²) in [7, 11) is 0. The van der Waals surface area contributed by atoms with E-state index in [-0.39, 0.29) is 6.04 Å². The predicted molar refractivity (Wildman–Crippen MR) is 85.1 cm³/mol. The molecule has 0 saturated carbocycles. The van der Waals surface area contributed by atoms with Crippen LogP contribution in [0, 0.1) is 0 Å². The summed E-state index contributed by atoms with van der Waals surface area (Å²) < 4.78 is 11.4. The Morgan fingerprint density at radius 3 is 2.38 bits per heavy atom. The first-order valence-electron chi connectivity index (χ1n) is 7.10. The Morgan fingerprint density at radius 2 is 1.67 bits per heavy atom. The van der Waals surface area contributed by atoms with Gasteiger partial charge in [0.2, 0.25) is 0 Å². The van der Waals surface area contributed by atoms with E-state index in [0.29, 0.717) is 18.2 Å². The lowest BCUT2D eigenvalue weighted by atomic mass is 10.0. The molecule has 3 rings (SSSR count). The van der Waals surface area contributed by atoms with Crippen molar-refractivity contribution in [3.05, 3.63) is 47.0 Å². The van der Waals surface area contributed by atoms with E-state index in [1.165, 1.54) is 0 Å². The third-order valence-corrected chi connectivity index (χ3v) is 3.90. The lowest BCUT2D eigenvalue weighted by Crippen LogP contribution is -2.05. The van der Waals surface area contributed by atoms with Crippen LogP contribution in [0.2, 0.25) is 5.02 Å². The van der Waals surface area contributed by atoms with Crippen molar-refractivity contribution in [3.63, 3.8) is 0 Å². The van der Waals surface area contributed by atoms with Gasteiger partial charge in [0, 0.05) is 17.5 Å². The third-order valence-electron chi connectivity index (χ3n) is 3.57. The predicted octanol–water partition coefficient (Wildman–Crippen LogP) is 4.19. The summed E-state index contributed by atoms with van der Waals surface area (Å²) in [5.41, 5.74) is 8.94. The first kappa shape index (κ1) is 14.2. The Kier molecular flexibility index (Phi) is 4.04. The van der Waals surface area contributed by atoms with E-state index in [1.54, 1.807) is 0 Å². The van der Waals surface area contributed by atoms with E-state index in [9.17, 15) is 0 Å². The number of halogens is 1. The molecule has 0 spiro atoms. The van der Waals surface area contributed by atoms with Crippen molar-refractivity contribution in [2.75, 3.05) is 13.2 Å². The molecule has 1 aliphatic rings. The Hall–Kier alpha value is -1.71. The molecular weight excluding hydrogens is 286 g/mol. The van der Waals surface area contributed by atoms with Gasteiger partial charge in [-0.1, -0.05) is 29.8 Å². The minimum absolute atomic E-state index is 0.0738. The van der Waals surface area contributed by atoms with Crippen LogP contribution < -0.4 is 15.2 Å². The van der Waals surface area contributed by atoms with Gasteiger partial charge in [0.05, 0.1) is 13.2 Å². The van der Waals surface area contributed by atoms with Gasteiger partial charge in [-0.2, -0.15) is 0 Å². The quantitative estimate of drug-likeness (QED) is 0.905. The number of ether oxygens (including phenoxy) is 2. The van der Waals surface area contributed by atoms with Gasteiger partial charge in [-0.05, 0) is 41.8 Å². The molecule has 2 aromatic carbocycles. The molecule has 1 heterocycles. The van der Waals surface area contributed by atoms with Crippen molar-refractivity contribution < 1.29 is 9.47 Å². The average Bonchev–Trinajstić information content (AvgIpc) is 2.71. The number of fused-ring (bicyclic) bond motifs is 1. The minimum Gasteiger partial charge on any atom is -0.490 e.